The SMILES string of the molecule is C=C(C)C(C)C/C(=C\C)c1ccc(F)c(C)c1. The number of hydrogen-bond donors (Lipinski definition) is 0. The van der Waals surface area contributed by atoms with Crippen molar-refractivity contribution in [2.45, 2.75) is 34.1 Å². The molecule has 0 radical (unpaired) electrons. The van der Waals surface area contributed by atoms with Crippen molar-refractivity contribution in [3.63, 3.8) is 0 Å². The molecule has 0 spiro atoms. The van der Waals surface area contributed by atoms with E-state index in [1.807, 2.05) is 26.0 Å². The summed E-state index contributed by atoms with van der Waals surface area (Å²) in [5.74, 6) is 0.309. The van der Waals surface area contributed by atoms with Gasteiger partial charge in [-0.25, -0.2) is 4.39 Å². The first-order valence-corrected chi connectivity index (χ1v) is 6.02. The normalized spacial score (nSPS) is 13.6. The molecule has 1 aromatic carbocycles. The topological polar surface area (TPSA) is 0 Å². The van der Waals surface area contributed by atoms with Gasteiger partial charge in [-0.15, -0.1) is 0 Å². The van der Waals surface area contributed by atoms with Crippen LogP contribution in [0.25, 0.3) is 5.57 Å². The highest BCUT2D eigenvalue weighted by Gasteiger charge is 2.09. The van der Waals surface area contributed by atoms with Crippen molar-refractivity contribution in [3.05, 3.63) is 53.4 Å². The number of benzene rings is 1. The Bertz CT molecular complexity index is 441. The Morgan fingerprint density at radius 3 is 2.59 bits per heavy atom. The zero-order chi connectivity index (χ0) is 13.0. The van der Waals surface area contributed by atoms with Crippen molar-refractivity contribution in [1.82, 2.24) is 0 Å². The van der Waals surface area contributed by atoms with E-state index < -0.39 is 0 Å². The highest BCUT2D eigenvalue weighted by molar-refractivity contribution is 5.66. The van der Waals surface area contributed by atoms with Crippen LogP contribution in [0.4, 0.5) is 4.39 Å². The number of aryl methyl sites for hydroxylation is 1. The van der Waals surface area contributed by atoms with Gasteiger partial charge in [0.15, 0.2) is 0 Å². The molecule has 0 N–H and O–H groups in total. The Morgan fingerprint density at radius 2 is 2.12 bits per heavy atom. The third kappa shape index (κ3) is 3.55. The van der Waals surface area contributed by atoms with Crippen LogP contribution in [0.2, 0.25) is 0 Å². The number of hydrogen-bond acceptors (Lipinski definition) is 0. The molecule has 0 nitrogen and oxygen atoms in total. The zero-order valence-corrected chi connectivity index (χ0v) is 11.2. The van der Waals surface area contributed by atoms with Gasteiger partial charge < -0.3 is 0 Å². The summed E-state index contributed by atoms with van der Waals surface area (Å²) in [5, 5.41) is 0. The molecule has 1 atom stereocenters. The molecule has 0 aliphatic heterocycles. The van der Waals surface area contributed by atoms with Gasteiger partial charge in [0.1, 0.15) is 5.82 Å². The molecule has 1 aromatic rings. The fraction of sp³-hybridized carbons (Fsp3) is 0.375. The maximum Gasteiger partial charge on any atom is 0.126 e. The molecule has 0 aromatic heterocycles. The van der Waals surface area contributed by atoms with E-state index in [0.717, 1.165) is 12.0 Å². The van der Waals surface area contributed by atoms with E-state index in [0.29, 0.717) is 11.5 Å². The van der Waals surface area contributed by atoms with Crippen molar-refractivity contribution in [1.29, 1.82) is 0 Å². The lowest BCUT2D eigenvalue weighted by Gasteiger charge is -2.15. The summed E-state index contributed by atoms with van der Waals surface area (Å²) in [4.78, 5) is 0. The lowest BCUT2D eigenvalue weighted by Crippen LogP contribution is -1.98. The lowest BCUT2D eigenvalue weighted by molar-refractivity contribution is 0.618. The van der Waals surface area contributed by atoms with Gasteiger partial charge in [0, 0.05) is 0 Å². The molecule has 1 unspecified atom stereocenters. The minimum atomic E-state index is -0.142. The molecule has 0 saturated carbocycles. The Morgan fingerprint density at radius 1 is 1.47 bits per heavy atom. The second kappa shape index (κ2) is 5.81. The highest BCUT2D eigenvalue weighted by atomic mass is 19.1. The number of allylic oxidation sites excluding steroid dienone is 3. The van der Waals surface area contributed by atoms with E-state index in [1.54, 1.807) is 13.0 Å². The summed E-state index contributed by atoms with van der Waals surface area (Å²) in [5.41, 5.74) is 4.25. The quantitative estimate of drug-likeness (QED) is 0.630. The summed E-state index contributed by atoms with van der Waals surface area (Å²) < 4.78 is 13.2. The average Bonchev–Trinajstić information content (AvgIpc) is 2.29. The third-order valence-corrected chi connectivity index (χ3v) is 3.24. The predicted molar refractivity (Wildman–Crippen MR) is 73.4 cm³/mol. The maximum atomic E-state index is 13.2. The molecular weight excluding hydrogens is 211 g/mol. The van der Waals surface area contributed by atoms with E-state index in [4.69, 9.17) is 0 Å². The fourth-order valence-corrected chi connectivity index (χ4v) is 1.75. The van der Waals surface area contributed by atoms with E-state index in [9.17, 15) is 4.39 Å². The molecule has 1 rings (SSSR count). The summed E-state index contributed by atoms with van der Waals surface area (Å²) in [6.07, 6.45) is 3.06. The van der Waals surface area contributed by atoms with Crippen LogP contribution in [-0.2, 0) is 0 Å². The van der Waals surface area contributed by atoms with Crippen molar-refractivity contribution >= 4 is 5.57 Å². The fourth-order valence-electron chi connectivity index (χ4n) is 1.75. The van der Waals surface area contributed by atoms with Gasteiger partial charge in [0.05, 0.1) is 0 Å². The molecule has 0 heterocycles. The van der Waals surface area contributed by atoms with Crippen molar-refractivity contribution in [2.24, 2.45) is 5.92 Å². The van der Waals surface area contributed by atoms with Crippen LogP contribution in [0, 0.1) is 18.7 Å². The molecular formula is C16H21F. The predicted octanol–water partition coefficient (Wildman–Crippen LogP) is 5.14. The maximum absolute atomic E-state index is 13.2. The Balaban J connectivity index is 2.95. The van der Waals surface area contributed by atoms with Crippen LogP contribution in [0.5, 0.6) is 0 Å². The first kappa shape index (κ1) is 13.7. The van der Waals surface area contributed by atoms with E-state index in [1.165, 1.54) is 11.1 Å². The largest absolute Gasteiger partial charge is 0.207 e. The molecule has 0 aliphatic rings. The van der Waals surface area contributed by atoms with E-state index in [-0.39, 0.29) is 5.82 Å². The second-order valence-corrected chi connectivity index (χ2v) is 4.73. The second-order valence-electron chi connectivity index (χ2n) is 4.73. The molecule has 1 heteroatoms. The van der Waals surface area contributed by atoms with E-state index in [2.05, 4.69) is 19.6 Å². The van der Waals surface area contributed by atoms with Crippen LogP contribution in [0.3, 0.4) is 0 Å². The van der Waals surface area contributed by atoms with Crippen LogP contribution in [0.15, 0.2) is 36.4 Å². The lowest BCUT2D eigenvalue weighted by atomic mass is 9.91. The first-order valence-electron chi connectivity index (χ1n) is 6.02. The molecule has 0 bridgehead atoms. The van der Waals surface area contributed by atoms with Crippen molar-refractivity contribution < 1.29 is 4.39 Å². The van der Waals surface area contributed by atoms with Crippen LogP contribution < -0.4 is 0 Å². The van der Waals surface area contributed by atoms with Gasteiger partial charge in [0.25, 0.3) is 0 Å². The van der Waals surface area contributed by atoms with Gasteiger partial charge in [-0.3, -0.25) is 0 Å². The Labute approximate surface area is 104 Å². The zero-order valence-electron chi connectivity index (χ0n) is 11.2. The molecule has 0 fully saturated rings. The van der Waals surface area contributed by atoms with Gasteiger partial charge in [-0.2, -0.15) is 0 Å². The van der Waals surface area contributed by atoms with Crippen molar-refractivity contribution in [2.75, 3.05) is 0 Å². The van der Waals surface area contributed by atoms with Gasteiger partial charge in [-0.1, -0.05) is 31.2 Å². The van der Waals surface area contributed by atoms with Crippen molar-refractivity contribution in [3.8, 4) is 0 Å². The summed E-state index contributed by atoms with van der Waals surface area (Å²) in [7, 11) is 0. The third-order valence-electron chi connectivity index (χ3n) is 3.24. The monoisotopic (exact) mass is 232 g/mol. The van der Waals surface area contributed by atoms with Crippen LogP contribution in [-0.4, -0.2) is 0 Å². The first-order chi connectivity index (χ1) is 7.95. The molecule has 0 saturated heterocycles. The summed E-state index contributed by atoms with van der Waals surface area (Å²) >= 11 is 0. The molecule has 17 heavy (non-hydrogen) atoms. The van der Waals surface area contributed by atoms with Gasteiger partial charge in [0.2, 0.25) is 0 Å². The minimum absolute atomic E-state index is 0.142. The van der Waals surface area contributed by atoms with Crippen LogP contribution >= 0.6 is 0 Å². The average molecular weight is 232 g/mol. The smallest absolute Gasteiger partial charge is 0.126 e. The van der Waals surface area contributed by atoms with Gasteiger partial charge >= 0.3 is 0 Å². The minimum Gasteiger partial charge on any atom is -0.207 e. The Kier molecular flexibility index (Phi) is 4.68. The molecule has 92 valence electrons. The van der Waals surface area contributed by atoms with E-state index >= 15 is 0 Å². The standard InChI is InChI=1S/C16H21F/c1-6-14(9-12(4)11(2)3)15-7-8-16(17)13(5)10-15/h6-8,10,12H,2,9H2,1,3-5H3/b14-6+. The van der Waals surface area contributed by atoms with Crippen LogP contribution in [0.1, 0.15) is 38.3 Å². The highest BCUT2D eigenvalue weighted by Crippen LogP contribution is 2.26. The molecule has 0 amide bonds. The van der Waals surface area contributed by atoms with Gasteiger partial charge in [-0.05, 0) is 61.9 Å². The number of rotatable bonds is 4. The number of halogens is 1. The summed E-state index contributed by atoms with van der Waals surface area (Å²) in [6.45, 7) is 12.0. The molecule has 0 aliphatic carbocycles. The summed E-state index contributed by atoms with van der Waals surface area (Å²) in [6, 6.07) is 5.30. The Hall–Kier alpha value is -1.37.